The summed E-state index contributed by atoms with van der Waals surface area (Å²) in [6.07, 6.45) is 4.68. The molecule has 438 valence electrons. The number of nitrogens with zero attached hydrogens (tertiary/aromatic N) is 2. The van der Waals surface area contributed by atoms with E-state index >= 15 is 0 Å². The Morgan fingerprint density at radius 1 is 0.181 bits per heavy atom. The van der Waals surface area contributed by atoms with Crippen LogP contribution in [0.5, 0.6) is 0 Å². The molecule has 0 heterocycles. The summed E-state index contributed by atoms with van der Waals surface area (Å²) in [6, 6.07) is 132. The fraction of sp³-hybridized carbons (Fsp3) is 0.0217. The van der Waals surface area contributed by atoms with Crippen molar-refractivity contribution in [2.45, 2.75) is 10.8 Å². The Kier molecular flexibility index (Phi) is 12.1. The predicted octanol–water partition coefficient (Wildman–Crippen LogP) is 24.1. The van der Waals surface area contributed by atoms with Crippen LogP contribution in [-0.4, -0.2) is 0 Å². The highest BCUT2D eigenvalue weighted by Crippen LogP contribution is 2.64. The SMILES string of the molecule is C(=Cc1ccc2c(c1)C1(c3ccccc3-c3ccccc31)c1cc(N(c3ccc4ccccc4c3)c3ccc4ccccc4c3)ccc1-2)c1ccc2c(c1)C(c1ccccc1)(c1ccccc1)c1cc(N(c3ccc4ccccc4c3)c3ccc4ccccc4c3)ccc1-2. The first-order valence-electron chi connectivity index (χ1n) is 32.7. The maximum Gasteiger partial charge on any atom is 0.0726 e. The molecule has 19 rings (SSSR count). The molecule has 0 saturated carbocycles. The Morgan fingerprint density at radius 3 is 0.830 bits per heavy atom. The normalized spacial score (nSPS) is 13.4. The van der Waals surface area contributed by atoms with E-state index in [1.165, 1.54) is 121 Å². The number of fused-ring (bicyclic) bond motifs is 17. The van der Waals surface area contributed by atoms with Gasteiger partial charge in [0.25, 0.3) is 0 Å². The van der Waals surface area contributed by atoms with Crippen molar-refractivity contribution in [3.63, 3.8) is 0 Å². The van der Waals surface area contributed by atoms with Crippen LogP contribution in [0.25, 0.3) is 88.6 Å². The van der Waals surface area contributed by atoms with E-state index in [4.69, 9.17) is 0 Å². The quantitative estimate of drug-likeness (QED) is 0.126. The second kappa shape index (κ2) is 21.2. The van der Waals surface area contributed by atoms with Gasteiger partial charge in [-0.25, -0.2) is 0 Å². The molecule has 16 aromatic rings. The van der Waals surface area contributed by atoms with Crippen LogP contribution in [0, 0.1) is 0 Å². The van der Waals surface area contributed by atoms with Crippen LogP contribution in [0.4, 0.5) is 34.1 Å². The number of hydrogen-bond donors (Lipinski definition) is 0. The van der Waals surface area contributed by atoms with Gasteiger partial charge in [0.05, 0.1) is 10.8 Å². The molecule has 0 unspecified atom stereocenters. The Morgan fingerprint density at radius 2 is 0.447 bits per heavy atom. The van der Waals surface area contributed by atoms with E-state index in [1.54, 1.807) is 0 Å². The van der Waals surface area contributed by atoms with Crippen LogP contribution < -0.4 is 9.80 Å². The van der Waals surface area contributed by atoms with Crippen LogP contribution in [-0.2, 0) is 10.8 Å². The summed E-state index contributed by atoms with van der Waals surface area (Å²) in [5.41, 5.74) is 25.5. The van der Waals surface area contributed by atoms with Gasteiger partial charge in [-0.1, -0.05) is 279 Å². The molecule has 1 spiro atoms. The summed E-state index contributed by atoms with van der Waals surface area (Å²) in [5, 5.41) is 9.70. The second-order valence-corrected chi connectivity index (χ2v) is 25.5. The van der Waals surface area contributed by atoms with Gasteiger partial charge in [-0.2, -0.15) is 0 Å². The molecule has 2 heteroatoms. The minimum absolute atomic E-state index is 0.586. The van der Waals surface area contributed by atoms with Crippen molar-refractivity contribution in [3.8, 4) is 33.4 Å². The molecule has 0 atom stereocenters. The van der Waals surface area contributed by atoms with Crippen LogP contribution in [0.3, 0.4) is 0 Å². The van der Waals surface area contributed by atoms with Gasteiger partial charge < -0.3 is 9.80 Å². The van der Waals surface area contributed by atoms with E-state index < -0.39 is 10.8 Å². The highest BCUT2D eigenvalue weighted by molar-refractivity contribution is 6.00. The third-order valence-electron chi connectivity index (χ3n) is 20.6. The second-order valence-electron chi connectivity index (χ2n) is 25.5. The highest BCUT2D eigenvalue weighted by atomic mass is 15.1. The molecule has 3 aliphatic rings. The van der Waals surface area contributed by atoms with E-state index in [9.17, 15) is 0 Å². The average molecular weight is 1190 g/mol. The van der Waals surface area contributed by atoms with Gasteiger partial charge in [-0.3, -0.25) is 0 Å². The smallest absolute Gasteiger partial charge is 0.0726 e. The zero-order valence-corrected chi connectivity index (χ0v) is 51.5. The Bertz CT molecular complexity index is 5270. The average Bonchev–Trinajstić information content (AvgIpc) is 1.51. The molecule has 0 amide bonds. The lowest BCUT2D eigenvalue weighted by Crippen LogP contribution is -2.28. The maximum absolute atomic E-state index is 2.51. The maximum atomic E-state index is 2.51. The number of rotatable bonds is 10. The lowest BCUT2D eigenvalue weighted by atomic mass is 9.67. The van der Waals surface area contributed by atoms with Gasteiger partial charge in [0.2, 0.25) is 0 Å². The summed E-state index contributed by atoms with van der Waals surface area (Å²) in [5.74, 6) is 0. The van der Waals surface area contributed by atoms with Gasteiger partial charge >= 0.3 is 0 Å². The number of hydrogen-bond acceptors (Lipinski definition) is 2. The van der Waals surface area contributed by atoms with Gasteiger partial charge in [0.15, 0.2) is 0 Å². The molecular formula is C92H60N2. The molecule has 94 heavy (non-hydrogen) atoms. The molecule has 0 radical (unpaired) electrons. The van der Waals surface area contributed by atoms with Crippen molar-refractivity contribution in [1.29, 1.82) is 0 Å². The molecule has 0 fully saturated rings. The van der Waals surface area contributed by atoms with Crippen molar-refractivity contribution in [2.24, 2.45) is 0 Å². The van der Waals surface area contributed by atoms with Crippen molar-refractivity contribution in [2.75, 3.05) is 9.80 Å². The van der Waals surface area contributed by atoms with Crippen LogP contribution in [0.15, 0.2) is 352 Å². The summed E-state index contributed by atoms with van der Waals surface area (Å²) in [7, 11) is 0. The lowest BCUT2D eigenvalue weighted by molar-refractivity contribution is 0.768. The Labute approximate surface area is 547 Å². The molecule has 0 aliphatic heterocycles. The van der Waals surface area contributed by atoms with Crippen molar-refractivity contribution in [1.82, 2.24) is 0 Å². The van der Waals surface area contributed by atoms with Crippen molar-refractivity contribution >= 4 is 89.4 Å². The lowest BCUT2D eigenvalue weighted by Gasteiger charge is -2.35. The minimum Gasteiger partial charge on any atom is -0.310 e. The molecule has 0 aromatic heterocycles. The van der Waals surface area contributed by atoms with Crippen LogP contribution in [0.2, 0.25) is 0 Å². The fourth-order valence-corrected chi connectivity index (χ4v) is 16.5. The molecule has 2 nitrogen and oxygen atoms in total. The fourth-order valence-electron chi connectivity index (χ4n) is 16.5. The van der Waals surface area contributed by atoms with Crippen molar-refractivity contribution < 1.29 is 0 Å². The summed E-state index contributed by atoms with van der Waals surface area (Å²) >= 11 is 0. The largest absolute Gasteiger partial charge is 0.310 e. The van der Waals surface area contributed by atoms with Crippen molar-refractivity contribution in [3.05, 3.63) is 407 Å². The minimum atomic E-state index is -0.655. The molecular weight excluding hydrogens is 1130 g/mol. The molecule has 0 N–H and O–H groups in total. The van der Waals surface area contributed by atoms with E-state index in [0.29, 0.717) is 0 Å². The molecule has 0 bridgehead atoms. The van der Waals surface area contributed by atoms with E-state index in [-0.39, 0.29) is 0 Å². The topological polar surface area (TPSA) is 6.48 Å². The van der Waals surface area contributed by atoms with Crippen LogP contribution >= 0.6 is 0 Å². The van der Waals surface area contributed by atoms with E-state index in [2.05, 4.69) is 374 Å². The summed E-state index contributed by atoms with van der Waals surface area (Å²) in [4.78, 5) is 4.91. The zero-order chi connectivity index (χ0) is 61.9. The van der Waals surface area contributed by atoms with E-state index in [1.807, 2.05) is 0 Å². The monoisotopic (exact) mass is 1190 g/mol. The molecule has 3 aliphatic carbocycles. The zero-order valence-electron chi connectivity index (χ0n) is 51.5. The van der Waals surface area contributed by atoms with Gasteiger partial charge in [-0.15, -0.1) is 0 Å². The summed E-state index contributed by atoms with van der Waals surface area (Å²) in [6.45, 7) is 0. The molecule has 0 saturated heterocycles. The van der Waals surface area contributed by atoms with Gasteiger partial charge in [-0.05, 0) is 217 Å². The number of benzene rings is 16. The third kappa shape index (κ3) is 8.16. The van der Waals surface area contributed by atoms with Crippen LogP contribution in [0.1, 0.15) is 55.6 Å². The third-order valence-corrected chi connectivity index (χ3v) is 20.6. The predicted molar refractivity (Wildman–Crippen MR) is 395 cm³/mol. The number of anilines is 6. The Balaban J connectivity index is 0.761. The van der Waals surface area contributed by atoms with E-state index in [0.717, 1.165) is 45.3 Å². The Hall–Kier alpha value is -12.1. The first-order valence-corrected chi connectivity index (χ1v) is 32.7. The highest BCUT2D eigenvalue weighted by Gasteiger charge is 2.52. The first kappa shape index (κ1) is 53.7. The van der Waals surface area contributed by atoms with Gasteiger partial charge in [0.1, 0.15) is 0 Å². The summed E-state index contributed by atoms with van der Waals surface area (Å²) < 4.78 is 0. The molecule has 16 aromatic carbocycles. The van der Waals surface area contributed by atoms with Gasteiger partial charge in [0, 0.05) is 34.1 Å². The first-order chi connectivity index (χ1) is 46.6. The standard InChI is InChI=1S/C92H60N2/c1-3-27-71(28-4-1)91(72-29-5-2-6-30-72)87-53-61(37-49-81(87)83-51-47-77(59-89(83)91)93(73-43-39-63-19-7-11-23-67(63)55-73)74-44-40-64-20-8-12-24-68(64)56-74)35-36-62-38-50-82-84-52-48-78(60-90(84)92(88(82)54-62)85-33-17-15-31-79(85)80-32-16-18-34-86(80)92)94(75-45-41-65-21-9-13-25-69(65)57-75)76-46-42-66-22-10-14-26-70(66)58-76/h1-60H.